The molecule has 0 aliphatic carbocycles. The zero-order valence-corrected chi connectivity index (χ0v) is 20.9. The maximum Gasteiger partial charge on any atom is 0.282 e. The molecule has 2 aromatic heterocycles. The number of nitrogens with zero attached hydrogens (tertiary/aromatic N) is 7. The third-order valence-electron chi connectivity index (χ3n) is 7.20. The van der Waals surface area contributed by atoms with Crippen LogP contribution in [0.2, 0.25) is 0 Å². The van der Waals surface area contributed by atoms with Gasteiger partial charge in [-0.2, -0.15) is 0 Å². The van der Waals surface area contributed by atoms with Crippen LogP contribution in [0.4, 0.5) is 17.3 Å². The van der Waals surface area contributed by atoms with E-state index in [1.54, 1.807) is 25.7 Å². The summed E-state index contributed by atoms with van der Waals surface area (Å²) in [5.74, 6) is 1.42. The lowest BCUT2D eigenvalue weighted by Crippen LogP contribution is -2.52. The van der Waals surface area contributed by atoms with Crippen molar-refractivity contribution in [3.05, 3.63) is 52.7 Å². The van der Waals surface area contributed by atoms with Crippen molar-refractivity contribution in [1.82, 2.24) is 24.8 Å². The highest BCUT2D eigenvalue weighted by Gasteiger charge is 2.37. The average Bonchev–Trinajstić information content (AvgIpc) is 3.68. The minimum atomic E-state index is 0.000926. The van der Waals surface area contributed by atoms with Crippen molar-refractivity contribution < 1.29 is 14.3 Å². The number of hydrogen-bond acceptors (Lipinski definition) is 9. The van der Waals surface area contributed by atoms with Crippen LogP contribution in [0.5, 0.6) is 5.75 Å². The Morgan fingerprint density at radius 1 is 1.06 bits per heavy atom. The number of benzene rings is 1. The molecular weight excluding hydrogens is 478 g/mol. The minimum absolute atomic E-state index is 0.000926. The number of amides is 2. The Morgan fingerprint density at radius 3 is 2.58 bits per heavy atom. The Kier molecular flexibility index (Phi) is 6.02. The predicted octanol–water partition coefficient (Wildman–Crippen LogP) is 2.20. The Bertz CT molecular complexity index is 1260. The third kappa shape index (κ3) is 4.18. The van der Waals surface area contributed by atoms with Crippen molar-refractivity contribution in [2.75, 3.05) is 56.2 Å². The molecule has 0 N–H and O–H groups in total. The topological polar surface area (TPSA) is 95.0 Å². The highest BCUT2D eigenvalue weighted by atomic mass is 32.1. The Labute approximate surface area is 213 Å². The molecule has 2 amide bonds. The number of fused-ring (bicyclic) bond motifs is 1. The molecule has 2 saturated heterocycles. The van der Waals surface area contributed by atoms with Crippen LogP contribution in [-0.4, -0.2) is 89.0 Å². The van der Waals surface area contributed by atoms with E-state index in [-0.39, 0.29) is 17.9 Å². The van der Waals surface area contributed by atoms with E-state index in [9.17, 15) is 9.59 Å². The van der Waals surface area contributed by atoms with Gasteiger partial charge in [-0.25, -0.2) is 15.0 Å². The normalized spacial score (nSPS) is 20.2. The number of aromatic nitrogens is 3. The lowest BCUT2D eigenvalue weighted by molar-refractivity contribution is -0.117. The van der Waals surface area contributed by atoms with E-state index in [4.69, 9.17) is 4.74 Å². The fraction of sp³-hybridized carbons (Fsp3) is 0.400. The lowest BCUT2D eigenvalue weighted by atomic mass is 10.1. The summed E-state index contributed by atoms with van der Waals surface area (Å²) in [6.45, 7) is 4.32. The summed E-state index contributed by atoms with van der Waals surface area (Å²) in [5, 5.41) is 2.37. The lowest BCUT2D eigenvalue weighted by Gasteiger charge is -2.37. The molecular formula is C25H27N7O3S. The number of hydrogen-bond donors (Lipinski definition) is 0. The van der Waals surface area contributed by atoms with Gasteiger partial charge in [0.15, 0.2) is 10.8 Å². The van der Waals surface area contributed by atoms with E-state index < -0.39 is 0 Å². The Balaban J connectivity index is 1.10. The van der Waals surface area contributed by atoms with E-state index in [0.717, 1.165) is 37.4 Å². The third-order valence-corrected chi connectivity index (χ3v) is 7.96. The average molecular weight is 506 g/mol. The molecule has 36 heavy (non-hydrogen) atoms. The van der Waals surface area contributed by atoms with Crippen LogP contribution >= 0.6 is 11.3 Å². The van der Waals surface area contributed by atoms with Gasteiger partial charge < -0.3 is 19.4 Å². The number of methoxy groups -OCH3 is 1. The van der Waals surface area contributed by atoms with Gasteiger partial charge in [0.2, 0.25) is 11.9 Å². The first-order chi connectivity index (χ1) is 17.6. The molecule has 0 bridgehead atoms. The number of carbonyl (C=O) groups excluding carboxylic acids is 2. The molecule has 5 heterocycles. The maximum atomic E-state index is 13.0. The van der Waals surface area contributed by atoms with Crippen molar-refractivity contribution in [2.45, 2.75) is 18.9 Å². The van der Waals surface area contributed by atoms with Gasteiger partial charge in [0.25, 0.3) is 5.91 Å². The minimum Gasteiger partial charge on any atom is -0.494 e. The van der Waals surface area contributed by atoms with Gasteiger partial charge in [-0.1, -0.05) is 0 Å². The zero-order valence-electron chi connectivity index (χ0n) is 20.0. The molecule has 0 spiro atoms. The first-order valence-corrected chi connectivity index (χ1v) is 13.0. The molecule has 6 rings (SSSR count). The van der Waals surface area contributed by atoms with Gasteiger partial charge in [0, 0.05) is 74.7 Å². The maximum absolute atomic E-state index is 13.0. The molecule has 3 aliphatic rings. The molecule has 1 atom stereocenters. The molecule has 11 heteroatoms. The number of carbonyl (C=O) groups is 2. The fourth-order valence-electron chi connectivity index (χ4n) is 5.26. The fourth-order valence-corrected chi connectivity index (χ4v) is 5.86. The van der Waals surface area contributed by atoms with Crippen LogP contribution in [0.15, 0.2) is 42.2 Å². The number of piperazine rings is 1. The van der Waals surface area contributed by atoms with Crippen molar-refractivity contribution in [2.24, 2.45) is 0 Å². The largest absolute Gasteiger partial charge is 0.494 e. The van der Waals surface area contributed by atoms with Gasteiger partial charge in [-0.3, -0.25) is 14.5 Å². The Morgan fingerprint density at radius 2 is 1.86 bits per heavy atom. The molecule has 10 nitrogen and oxygen atoms in total. The monoisotopic (exact) mass is 505 g/mol. The summed E-state index contributed by atoms with van der Waals surface area (Å²) in [4.78, 5) is 46.8. The van der Waals surface area contributed by atoms with Crippen LogP contribution in [-0.2, 0) is 11.2 Å². The SMILES string of the molecule is COc1cnc(N2CCc3cc(N4C[C@H](N5CCN(C(=O)c6nccs6)CC5)CC4=O)ccc32)nc1. The molecule has 186 valence electrons. The first-order valence-electron chi connectivity index (χ1n) is 12.1. The summed E-state index contributed by atoms with van der Waals surface area (Å²) >= 11 is 1.38. The zero-order chi connectivity index (χ0) is 24.6. The smallest absolute Gasteiger partial charge is 0.282 e. The molecule has 3 aromatic rings. The standard InChI is InChI=1S/C25H27N7O3S/c1-35-20-14-27-25(28-15-20)31-6-4-17-12-18(2-3-21(17)31)32-16-19(13-22(32)33)29-7-9-30(10-8-29)24(34)23-26-5-11-36-23/h2-3,5,11-12,14-15,19H,4,6-10,13,16H2,1H3/t19-/m1/s1. The second kappa shape index (κ2) is 9.47. The van der Waals surface area contributed by atoms with Crippen LogP contribution in [0.3, 0.4) is 0 Å². The second-order valence-electron chi connectivity index (χ2n) is 9.17. The summed E-state index contributed by atoms with van der Waals surface area (Å²) < 4.78 is 5.16. The molecule has 1 aromatic carbocycles. The Hall–Kier alpha value is -3.57. The van der Waals surface area contributed by atoms with Crippen LogP contribution in [0.1, 0.15) is 21.8 Å². The summed E-state index contributed by atoms with van der Waals surface area (Å²) in [6.07, 6.45) is 6.39. The van der Waals surface area contributed by atoms with E-state index in [0.29, 0.717) is 42.8 Å². The molecule has 0 unspecified atom stereocenters. The summed E-state index contributed by atoms with van der Waals surface area (Å²) in [5.41, 5.74) is 3.21. The van der Waals surface area contributed by atoms with Crippen molar-refractivity contribution in [3.63, 3.8) is 0 Å². The quantitative estimate of drug-likeness (QED) is 0.521. The molecule has 2 fully saturated rings. The van der Waals surface area contributed by atoms with Gasteiger partial charge in [-0.15, -0.1) is 11.3 Å². The van der Waals surface area contributed by atoms with Crippen molar-refractivity contribution in [3.8, 4) is 5.75 Å². The van der Waals surface area contributed by atoms with Gasteiger partial charge in [0.05, 0.1) is 19.5 Å². The molecule has 0 radical (unpaired) electrons. The first kappa shape index (κ1) is 22.9. The van der Waals surface area contributed by atoms with Gasteiger partial charge >= 0.3 is 0 Å². The molecule has 0 saturated carbocycles. The van der Waals surface area contributed by atoms with Gasteiger partial charge in [0.1, 0.15) is 0 Å². The van der Waals surface area contributed by atoms with E-state index in [1.165, 1.54) is 16.9 Å². The van der Waals surface area contributed by atoms with E-state index in [1.807, 2.05) is 21.2 Å². The van der Waals surface area contributed by atoms with Crippen LogP contribution in [0.25, 0.3) is 0 Å². The molecule has 3 aliphatic heterocycles. The highest BCUT2D eigenvalue weighted by Crippen LogP contribution is 2.36. The predicted molar refractivity (Wildman–Crippen MR) is 136 cm³/mol. The van der Waals surface area contributed by atoms with Crippen molar-refractivity contribution in [1.29, 1.82) is 0 Å². The van der Waals surface area contributed by atoms with E-state index >= 15 is 0 Å². The van der Waals surface area contributed by atoms with Crippen molar-refractivity contribution >= 4 is 40.5 Å². The number of anilines is 3. The number of rotatable bonds is 5. The summed E-state index contributed by atoms with van der Waals surface area (Å²) in [6, 6.07) is 6.37. The summed E-state index contributed by atoms with van der Waals surface area (Å²) in [7, 11) is 1.60. The van der Waals surface area contributed by atoms with Crippen LogP contribution in [0, 0.1) is 0 Å². The van der Waals surface area contributed by atoms with Crippen LogP contribution < -0.4 is 14.5 Å². The number of ether oxygens (including phenoxy) is 1. The van der Waals surface area contributed by atoms with E-state index in [2.05, 4.69) is 36.9 Å². The van der Waals surface area contributed by atoms with Gasteiger partial charge in [-0.05, 0) is 30.2 Å². The highest BCUT2D eigenvalue weighted by molar-refractivity contribution is 7.11. The second-order valence-corrected chi connectivity index (χ2v) is 10.1. The number of thiazole rings is 1.